The van der Waals surface area contributed by atoms with Gasteiger partial charge in [-0.2, -0.15) is 0 Å². The van der Waals surface area contributed by atoms with Gasteiger partial charge in [0.05, 0.1) is 0 Å². The van der Waals surface area contributed by atoms with E-state index in [0.29, 0.717) is 5.92 Å². The molecule has 8 heteroatoms. The van der Waals surface area contributed by atoms with Gasteiger partial charge in [-0.25, -0.2) is 0 Å². The summed E-state index contributed by atoms with van der Waals surface area (Å²) in [5, 5.41) is 17.3. The maximum Gasteiger partial charge on any atom is 0.190 e. The van der Waals surface area contributed by atoms with Gasteiger partial charge in [-0.1, -0.05) is 19.1 Å². The van der Waals surface area contributed by atoms with Crippen LogP contribution in [-0.4, -0.2) is 40.7 Å². The van der Waals surface area contributed by atoms with Crippen LogP contribution in [0.3, 0.4) is 0 Å². The third-order valence-corrected chi connectivity index (χ3v) is 5.19. The number of guanidine groups is 1. The van der Waals surface area contributed by atoms with Gasteiger partial charge in [0, 0.05) is 43.5 Å². The second kappa shape index (κ2) is 10.5. The standard InChI is InChI=1S/C18H24N6S.HI/c1-14(15-7-6-12-25-15)13-21-18(19-2)20-10-5-9-17-23-22-16-8-3-4-11-24(16)17;/h3-4,6-8,11-12,14H,5,9-10,13H2,1-2H3,(H2,19,20,21);1H. The van der Waals surface area contributed by atoms with Crippen LogP contribution in [0.2, 0.25) is 0 Å². The fourth-order valence-electron chi connectivity index (χ4n) is 2.66. The molecule has 140 valence electrons. The first-order valence-electron chi connectivity index (χ1n) is 8.54. The highest BCUT2D eigenvalue weighted by Gasteiger charge is 2.08. The van der Waals surface area contributed by atoms with Crippen LogP contribution in [0, 0.1) is 0 Å². The van der Waals surface area contributed by atoms with Crippen molar-refractivity contribution in [3.05, 3.63) is 52.6 Å². The van der Waals surface area contributed by atoms with Crippen LogP contribution in [0.15, 0.2) is 46.9 Å². The number of thiophene rings is 1. The molecule has 1 atom stereocenters. The van der Waals surface area contributed by atoms with Crippen molar-refractivity contribution in [2.24, 2.45) is 4.99 Å². The molecule has 3 rings (SSSR count). The molecule has 0 radical (unpaired) electrons. The summed E-state index contributed by atoms with van der Waals surface area (Å²) in [5.74, 6) is 2.31. The van der Waals surface area contributed by atoms with Crippen LogP contribution in [0.25, 0.3) is 5.65 Å². The lowest BCUT2D eigenvalue weighted by atomic mass is 10.1. The summed E-state index contributed by atoms with van der Waals surface area (Å²) in [6.07, 6.45) is 3.85. The summed E-state index contributed by atoms with van der Waals surface area (Å²) in [4.78, 5) is 5.68. The first-order valence-corrected chi connectivity index (χ1v) is 9.42. The van der Waals surface area contributed by atoms with E-state index < -0.39 is 0 Å². The maximum atomic E-state index is 4.29. The molecule has 0 saturated carbocycles. The van der Waals surface area contributed by atoms with Gasteiger partial charge < -0.3 is 10.6 Å². The predicted molar refractivity (Wildman–Crippen MR) is 119 cm³/mol. The van der Waals surface area contributed by atoms with E-state index in [1.54, 1.807) is 18.4 Å². The van der Waals surface area contributed by atoms with E-state index in [0.717, 1.165) is 43.4 Å². The summed E-state index contributed by atoms with van der Waals surface area (Å²) < 4.78 is 2.04. The number of nitrogens with one attached hydrogen (secondary N) is 2. The van der Waals surface area contributed by atoms with Crippen LogP contribution in [0.1, 0.15) is 30.0 Å². The summed E-state index contributed by atoms with van der Waals surface area (Å²) in [5.41, 5.74) is 0.894. The zero-order chi connectivity index (χ0) is 17.5. The number of aromatic nitrogens is 3. The SMILES string of the molecule is CN=C(NCCCc1nnc2ccccn12)NCC(C)c1cccs1.I. The molecule has 0 saturated heterocycles. The van der Waals surface area contributed by atoms with Crippen molar-refractivity contribution >= 4 is 46.9 Å². The molecular formula is C18H25IN6S. The Morgan fingerprint density at radius 3 is 2.88 bits per heavy atom. The van der Waals surface area contributed by atoms with Gasteiger partial charge in [0.25, 0.3) is 0 Å². The van der Waals surface area contributed by atoms with E-state index in [-0.39, 0.29) is 24.0 Å². The Bertz CT molecular complexity index is 814. The van der Waals surface area contributed by atoms with Gasteiger partial charge in [-0.05, 0) is 30.0 Å². The van der Waals surface area contributed by atoms with E-state index in [9.17, 15) is 0 Å². The minimum Gasteiger partial charge on any atom is -0.356 e. The average Bonchev–Trinajstić information content (AvgIpc) is 3.31. The zero-order valence-electron chi connectivity index (χ0n) is 15.1. The highest BCUT2D eigenvalue weighted by molar-refractivity contribution is 14.0. The third-order valence-electron chi connectivity index (χ3n) is 4.08. The van der Waals surface area contributed by atoms with Crippen LogP contribution >= 0.6 is 35.3 Å². The van der Waals surface area contributed by atoms with Gasteiger partial charge in [0.1, 0.15) is 5.82 Å². The quantitative estimate of drug-likeness (QED) is 0.234. The second-order valence-corrected chi connectivity index (χ2v) is 6.92. The molecule has 2 N–H and O–H groups in total. The summed E-state index contributed by atoms with van der Waals surface area (Å²) in [6.45, 7) is 3.94. The van der Waals surface area contributed by atoms with Gasteiger partial charge in [-0.3, -0.25) is 9.39 Å². The monoisotopic (exact) mass is 484 g/mol. The fourth-order valence-corrected chi connectivity index (χ4v) is 3.44. The van der Waals surface area contributed by atoms with Crippen LogP contribution in [-0.2, 0) is 6.42 Å². The largest absolute Gasteiger partial charge is 0.356 e. The Balaban J connectivity index is 0.00000243. The number of halogens is 1. The fraction of sp³-hybridized carbons (Fsp3) is 0.389. The van der Waals surface area contributed by atoms with E-state index in [2.05, 4.69) is 50.3 Å². The van der Waals surface area contributed by atoms with Crippen molar-refractivity contribution in [2.45, 2.75) is 25.7 Å². The Hall–Kier alpha value is -1.68. The van der Waals surface area contributed by atoms with Crippen LogP contribution < -0.4 is 10.6 Å². The predicted octanol–water partition coefficient (Wildman–Crippen LogP) is 3.31. The molecule has 1 unspecified atom stereocenters. The topological polar surface area (TPSA) is 66.6 Å². The number of rotatable bonds is 7. The first-order chi connectivity index (χ1) is 12.3. The van der Waals surface area contributed by atoms with E-state index in [1.165, 1.54) is 4.88 Å². The molecule has 6 nitrogen and oxygen atoms in total. The number of aryl methyl sites for hydroxylation is 1. The minimum absolute atomic E-state index is 0. The molecule has 0 spiro atoms. The molecule has 0 aliphatic carbocycles. The Kier molecular flexibility index (Phi) is 8.30. The van der Waals surface area contributed by atoms with E-state index in [1.807, 2.05) is 28.8 Å². The lowest BCUT2D eigenvalue weighted by molar-refractivity contribution is 0.686. The number of fused-ring (bicyclic) bond motifs is 1. The highest BCUT2D eigenvalue weighted by Crippen LogP contribution is 2.19. The number of hydrogen-bond donors (Lipinski definition) is 2. The van der Waals surface area contributed by atoms with Crippen molar-refractivity contribution in [3.63, 3.8) is 0 Å². The van der Waals surface area contributed by atoms with Gasteiger partial charge in [-0.15, -0.1) is 45.5 Å². The molecule has 3 aromatic rings. The minimum atomic E-state index is 0. The molecular weight excluding hydrogens is 459 g/mol. The lowest BCUT2D eigenvalue weighted by Gasteiger charge is -2.15. The van der Waals surface area contributed by atoms with Crippen LogP contribution in [0.4, 0.5) is 0 Å². The molecule has 0 fully saturated rings. The Labute approximate surface area is 175 Å². The first kappa shape index (κ1) is 20.6. The van der Waals surface area contributed by atoms with Crippen LogP contribution in [0.5, 0.6) is 0 Å². The number of pyridine rings is 1. The number of nitrogens with zero attached hydrogens (tertiary/aromatic N) is 4. The Morgan fingerprint density at radius 1 is 1.23 bits per heavy atom. The van der Waals surface area contributed by atoms with Gasteiger partial charge in [0.2, 0.25) is 0 Å². The summed E-state index contributed by atoms with van der Waals surface area (Å²) in [7, 11) is 1.80. The average molecular weight is 484 g/mol. The normalized spacial score (nSPS) is 12.6. The van der Waals surface area contributed by atoms with Crippen molar-refractivity contribution < 1.29 is 0 Å². The number of hydrogen-bond acceptors (Lipinski definition) is 4. The summed E-state index contributed by atoms with van der Waals surface area (Å²) in [6, 6.07) is 10.2. The highest BCUT2D eigenvalue weighted by atomic mass is 127. The van der Waals surface area contributed by atoms with Gasteiger partial charge in [0.15, 0.2) is 11.6 Å². The van der Waals surface area contributed by atoms with Crippen molar-refractivity contribution in [1.82, 2.24) is 25.2 Å². The molecule has 3 heterocycles. The van der Waals surface area contributed by atoms with E-state index >= 15 is 0 Å². The zero-order valence-corrected chi connectivity index (χ0v) is 18.2. The molecule has 3 aromatic heterocycles. The molecule has 0 amide bonds. The second-order valence-electron chi connectivity index (χ2n) is 5.94. The van der Waals surface area contributed by atoms with Crippen molar-refractivity contribution in [3.8, 4) is 0 Å². The maximum absolute atomic E-state index is 4.29. The molecule has 0 bridgehead atoms. The molecule has 0 aromatic carbocycles. The molecule has 26 heavy (non-hydrogen) atoms. The summed E-state index contributed by atoms with van der Waals surface area (Å²) >= 11 is 1.80. The van der Waals surface area contributed by atoms with Crippen molar-refractivity contribution in [1.29, 1.82) is 0 Å². The molecule has 0 aliphatic heterocycles. The molecule has 0 aliphatic rings. The number of aliphatic imine (C=N–C) groups is 1. The van der Waals surface area contributed by atoms with Gasteiger partial charge >= 0.3 is 0 Å². The van der Waals surface area contributed by atoms with E-state index in [4.69, 9.17) is 0 Å². The lowest BCUT2D eigenvalue weighted by Crippen LogP contribution is -2.39. The van der Waals surface area contributed by atoms with Crippen molar-refractivity contribution in [2.75, 3.05) is 20.1 Å². The Morgan fingerprint density at radius 2 is 2.12 bits per heavy atom. The third kappa shape index (κ3) is 5.41. The smallest absolute Gasteiger partial charge is 0.190 e.